The maximum atomic E-state index is 4.85. The van der Waals surface area contributed by atoms with E-state index in [0.29, 0.717) is 10.2 Å². The van der Waals surface area contributed by atoms with E-state index in [9.17, 15) is 0 Å². The molecular formula is C9H12KNS2. The van der Waals surface area contributed by atoms with Crippen molar-refractivity contribution in [3.63, 3.8) is 0 Å². The Hall–Kier alpha value is 1.23. The molecule has 1 aliphatic rings. The van der Waals surface area contributed by atoms with Crippen LogP contribution in [0.25, 0.3) is 0 Å². The van der Waals surface area contributed by atoms with Crippen LogP contribution in [0.15, 0.2) is 24.3 Å². The molecule has 0 bridgehead atoms. The van der Waals surface area contributed by atoms with Crippen molar-refractivity contribution >= 4 is 29.2 Å². The molecule has 1 rings (SSSR count). The second kappa shape index (κ2) is 5.95. The summed E-state index contributed by atoms with van der Waals surface area (Å²) < 4.78 is 0.435. The Labute approximate surface area is 133 Å². The molecule has 13 heavy (non-hydrogen) atoms. The SMILES string of the molecule is CC1C=CC=CC1(C)NC(=S)[S-].[K+]. The number of thiocarbonyl (C=S) groups is 1. The molecule has 2 unspecified atom stereocenters. The van der Waals surface area contributed by atoms with Crippen molar-refractivity contribution in [3.05, 3.63) is 24.3 Å². The summed E-state index contributed by atoms with van der Waals surface area (Å²) in [5.41, 5.74) is -0.104. The van der Waals surface area contributed by atoms with Gasteiger partial charge in [0.05, 0.1) is 5.54 Å². The van der Waals surface area contributed by atoms with Crippen LogP contribution < -0.4 is 56.7 Å². The molecular weight excluding hydrogens is 225 g/mol. The van der Waals surface area contributed by atoms with Gasteiger partial charge in [-0.25, -0.2) is 0 Å². The van der Waals surface area contributed by atoms with Gasteiger partial charge in [0.25, 0.3) is 0 Å². The number of nitrogens with one attached hydrogen (secondary N) is 1. The van der Waals surface area contributed by atoms with Gasteiger partial charge in [-0.05, 0) is 6.92 Å². The number of hydrogen-bond donors (Lipinski definition) is 1. The zero-order valence-electron chi connectivity index (χ0n) is 8.20. The summed E-state index contributed by atoms with van der Waals surface area (Å²) in [5, 5.41) is 3.12. The average Bonchev–Trinajstić information content (AvgIpc) is 1.94. The van der Waals surface area contributed by atoms with Crippen molar-refractivity contribution in [2.45, 2.75) is 19.4 Å². The zero-order chi connectivity index (χ0) is 9.19. The van der Waals surface area contributed by atoms with Crippen molar-refractivity contribution in [2.75, 3.05) is 0 Å². The van der Waals surface area contributed by atoms with Crippen molar-refractivity contribution in [2.24, 2.45) is 5.92 Å². The Morgan fingerprint density at radius 1 is 1.54 bits per heavy atom. The first kappa shape index (κ1) is 14.2. The molecule has 1 nitrogen and oxygen atoms in total. The molecule has 0 saturated carbocycles. The maximum absolute atomic E-state index is 4.85. The standard InChI is InChI=1S/C9H13NS2.K/c1-7-5-3-4-6-9(7,2)10-8(11)12;/h3-7H,1-2H3,(H2,10,11,12);/q;+1/p-1. The van der Waals surface area contributed by atoms with Crippen molar-refractivity contribution in [3.8, 4) is 0 Å². The van der Waals surface area contributed by atoms with Gasteiger partial charge in [0, 0.05) is 5.92 Å². The van der Waals surface area contributed by atoms with Crippen LogP contribution in [0.2, 0.25) is 0 Å². The molecule has 0 aromatic heterocycles. The van der Waals surface area contributed by atoms with E-state index in [1.165, 1.54) is 0 Å². The molecule has 0 saturated heterocycles. The van der Waals surface area contributed by atoms with Gasteiger partial charge in [-0.15, -0.1) is 0 Å². The molecule has 0 aromatic carbocycles. The molecule has 0 aliphatic heterocycles. The monoisotopic (exact) mass is 237 g/mol. The van der Waals surface area contributed by atoms with E-state index in [1.807, 2.05) is 12.2 Å². The summed E-state index contributed by atoms with van der Waals surface area (Å²) in [7, 11) is 0. The van der Waals surface area contributed by atoms with Gasteiger partial charge in [0.2, 0.25) is 0 Å². The third-order valence-corrected chi connectivity index (χ3v) is 2.47. The van der Waals surface area contributed by atoms with Crippen LogP contribution in [0, 0.1) is 5.92 Å². The van der Waals surface area contributed by atoms with Crippen LogP contribution in [-0.2, 0) is 12.6 Å². The smallest absolute Gasteiger partial charge is 0.412 e. The molecule has 4 heteroatoms. The van der Waals surface area contributed by atoms with Crippen LogP contribution in [0.5, 0.6) is 0 Å². The molecule has 2 atom stereocenters. The minimum absolute atomic E-state index is 0. The van der Waals surface area contributed by atoms with Crippen LogP contribution in [0.4, 0.5) is 0 Å². The Morgan fingerprint density at radius 2 is 2.15 bits per heavy atom. The summed E-state index contributed by atoms with van der Waals surface area (Å²) >= 11 is 9.69. The van der Waals surface area contributed by atoms with Gasteiger partial charge >= 0.3 is 51.4 Å². The van der Waals surface area contributed by atoms with Crippen LogP contribution in [0.3, 0.4) is 0 Å². The van der Waals surface area contributed by atoms with Crippen LogP contribution in [0.1, 0.15) is 13.8 Å². The number of hydrogen-bond acceptors (Lipinski definition) is 2. The first-order valence-electron chi connectivity index (χ1n) is 3.90. The van der Waals surface area contributed by atoms with Crippen molar-refractivity contribution < 1.29 is 51.4 Å². The van der Waals surface area contributed by atoms with Gasteiger partial charge in [0.1, 0.15) is 0 Å². The van der Waals surface area contributed by atoms with E-state index in [0.717, 1.165) is 0 Å². The Balaban J connectivity index is 0.00000144. The van der Waals surface area contributed by atoms with Crippen molar-refractivity contribution in [1.29, 1.82) is 0 Å². The summed E-state index contributed by atoms with van der Waals surface area (Å²) in [6.07, 6.45) is 8.29. The molecule has 1 aliphatic carbocycles. The van der Waals surface area contributed by atoms with E-state index in [2.05, 4.69) is 31.3 Å². The van der Waals surface area contributed by atoms with E-state index in [-0.39, 0.29) is 56.9 Å². The molecule has 0 amide bonds. The second-order valence-electron chi connectivity index (χ2n) is 3.23. The number of allylic oxidation sites excluding steroid dienone is 2. The summed E-state index contributed by atoms with van der Waals surface area (Å²) in [6.45, 7) is 4.23. The van der Waals surface area contributed by atoms with Gasteiger partial charge in [-0.1, -0.05) is 35.5 Å². The average molecular weight is 237 g/mol. The van der Waals surface area contributed by atoms with Gasteiger partial charge in [-0.3, -0.25) is 0 Å². The minimum atomic E-state index is -0.104. The predicted octanol–water partition coefficient (Wildman–Crippen LogP) is -1.07. The fourth-order valence-electron chi connectivity index (χ4n) is 1.21. The number of rotatable bonds is 1. The molecule has 0 fully saturated rings. The molecule has 0 heterocycles. The van der Waals surface area contributed by atoms with E-state index < -0.39 is 0 Å². The largest absolute Gasteiger partial charge is 1.00 e. The van der Waals surface area contributed by atoms with Gasteiger partial charge in [-0.2, -0.15) is 0 Å². The maximum Gasteiger partial charge on any atom is 1.00 e. The van der Waals surface area contributed by atoms with Crippen LogP contribution in [-0.4, -0.2) is 9.86 Å². The quantitative estimate of drug-likeness (QED) is 0.354. The fourth-order valence-corrected chi connectivity index (χ4v) is 1.65. The third-order valence-electron chi connectivity index (χ3n) is 2.27. The predicted molar refractivity (Wildman–Crippen MR) is 58.9 cm³/mol. The van der Waals surface area contributed by atoms with Crippen molar-refractivity contribution in [1.82, 2.24) is 5.32 Å². The zero-order valence-corrected chi connectivity index (χ0v) is 13.0. The Morgan fingerprint density at radius 3 is 2.62 bits per heavy atom. The summed E-state index contributed by atoms with van der Waals surface area (Å²) in [5.74, 6) is 0.420. The fraction of sp³-hybridized carbons (Fsp3) is 0.444. The Kier molecular flexibility index (Phi) is 6.51. The minimum Gasteiger partial charge on any atom is -0.412 e. The van der Waals surface area contributed by atoms with Crippen LogP contribution >= 0.6 is 12.2 Å². The summed E-state index contributed by atoms with van der Waals surface area (Å²) in [4.78, 5) is 0. The molecule has 0 spiro atoms. The molecule has 66 valence electrons. The van der Waals surface area contributed by atoms with E-state index in [1.54, 1.807) is 0 Å². The molecule has 1 N–H and O–H groups in total. The van der Waals surface area contributed by atoms with E-state index >= 15 is 0 Å². The molecule has 0 radical (unpaired) electrons. The second-order valence-corrected chi connectivity index (χ2v) is 4.30. The normalized spacial score (nSPS) is 30.8. The topological polar surface area (TPSA) is 12.0 Å². The third kappa shape index (κ3) is 4.07. The van der Waals surface area contributed by atoms with Gasteiger partial charge < -0.3 is 30.2 Å². The van der Waals surface area contributed by atoms with Gasteiger partial charge in [0.15, 0.2) is 0 Å². The first-order chi connectivity index (χ1) is 5.54. The molecule has 0 aromatic rings. The van der Waals surface area contributed by atoms with E-state index in [4.69, 9.17) is 24.8 Å². The Bertz CT molecular complexity index is 250. The summed E-state index contributed by atoms with van der Waals surface area (Å²) in [6, 6.07) is 0. The first-order valence-corrected chi connectivity index (χ1v) is 4.71.